The molecule has 1 aromatic heterocycles. The second-order valence-electron chi connectivity index (χ2n) is 4.50. The molecule has 1 N–H and O–H groups in total. The Morgan fingerprint density at radius 3 is 2.67 bits per heavy atom. The summed E-state index contributed by atoms with van der Waals surface area (Å²) in [5.41, 5.74) is 3.23. The zero-order valence-electron chi connectivity index (χ0n) is 11.5. The predicted octanol–water partition coefficient (Wildman–Crippen LogP) is 4.57. The third-order valence-corrected chi connectivity index (χ3v) is 4.06. The van der Waals surface area contributed by atoms with E-state index in [1.807, 2.05) is 48.7 Å². The number of aromatic nitrogens is 1. The summed E-state index contributed by atoms with van der Waals surface area (Å²) in [6, 6.07) is 18.1. The molecule has 3 nitrogen and oxygen atoms in total. The lowest BCUT2D eigenvalue weighted by molar-refractivity contribution is 1.35. The molecule has 0 aliphatic carbocycles. The van der Waals surface area contributed by atoms with E-state index in [9.17, 15) is 5.26 Å². The van der Waals surface area contributed by atoms with Crippen LogP contribution in [0.5, 0.6) is 0 Å². The number of anilines is 2. The number of hydrogen-bond donors (Lipinski definition) is 1. The van der Waals surface area contributed by atoms with Crippen LogP contribution in [-0.4, -0.2) is 11.2 Å². The molecule has 0 saturated carbocycles. The standard InChI is InChI=1S/C17H13N3S/c1-21-16-9-5-4-8-15(16)20-17-12(10-18)11-19-14-7-3-2-6-13(14)17/h2-9,11H,1H3,(H,19,20). The Kier molecular flexibility index (Phi) is 3.76. The average molecular weight is 291 g/mol. The number of nitrogens with zero attached hydrogens (tertiary/aromatic N) is 2. The molecule has 21 heavy (non-hydrogen) atoms. The van der Waals surface area contributed by atoms with Crippen LogP contribution >= 0.6 is 11.8 Å². The zero-order valence-corrected chi connectivity index (χ0v) is 12.3. The first kappa shape index (κ1) is 13.5. The van der Waals surface area contributed by atoms with Crippen molar-refractivity contribution in [2.75, 3.05) is 11.6 Å². The predicted molar refractivity (Wildman–Crippen MR) is 88.0 cm³/mol. The fraction of sp³-hybridized carbons (Fsp3) is 0.0588. The van der Waals surface area contributed by atoms with Crippen molar-refractivity contribution in [3.05, 3.63) is 60.3 Å². The Labute approximate surface area is 127 Å². The molecule has 3 rings (SSSR count). The van der Waals surface area contributed by atoms with Gasteiger partial charge in [-0.25, -0.2) is 0 Å². The highest BCUT2D eigenvalue weighted by molar-refractivity contribution is 7.98. The van der Waals surface area contributed by atoms with Crippen LogP contribution in [0.25, 0.3) is 10.9 Å². The minimum absolute atomic E-state index is 0.546. The first-order chi connectivity index (χ1) is 10.3. The van der Waals surface area contributed by atoms with E-state index in [0.717, 1.165) is 27.2 Å². The highest BCUT2D eigenvalue weighted by Crippen LogP contribution is 2.32. The molecule has 0 spiro atoms. The summed E-state index contributed by atoms with van der Waals surface area (Å²) < 4.78 is 0. The van der Waals surface area contributed by atoms with Gasteiger partial charge in [-0.05, 0) is 24.5 Å². The topological polar surface area (TPSA) is 48.7 Å². The molecule has 0 atom stereocenters. The third kappa shape index (κ3) is 2.56. The van der Waals surface area contributed by atoms with Crippen molar-refractivity contribution in [1.29, 1.82) is 5.26 Å². The van der Waals surface area contributed by atoms with Crippen LogP contribution in [-0.2, 0) is 0 Å². The Hall–Kier alpha value is -2.51. The molecule has 0 amide bonds. The van der Waals surface area contributed by atoms with E-state index in [1.165, 1.54) is 0 Å². The maximum absolute atomic E-state index is 9.35. The van der Waals surface area contributed by atoms with E-state index in [4.69, 9.17) is 0 Å². The van der Waals surface area contributed by atoms with E-state index < -0.39 is 0 Å². The molecule has 1 heterocycles. The minimum atomic E-state index is 0.546. The Morgan fingerprint density at radius 1 is 1.10 bits per heavy atom. The van der Waals surface area contributed by atoms with Crippen LogP contribution in [0.4, 0.5) is 11.4 Å². The number of pyridine rings is 1. The number of nitriles is 1. The van der Waals surface area contributed by atoms with Gasteiger partial charge in [0.05, 0.1) is 22.5 Å². The van der Waals surface area contributed by atoms with Crippen molar-refractivity contribution in [2.24, 2.45) is 0 Å². The summed E-state index contributed by atoms with van der Waals surface area (Å²) in [7, 11) is 0. The van der Waals surface area contributed by atoms with Crippen LogP contribution in [0, 0.1) is 11.3 Å². The Balaban J connectivity index is 2.17. The molecule has 0 aliphatic heterocycles. The van der Waals surface area contributed by atoms with Crippen molar-refractivity contribution in [2.45, 2.75) is 4.90 Å². The van der Waals surface area contributed by atoms with Crippen molar-refractivity contribution in [3.8, 4) is 6.07 Å². The zero-order chi connectivity index (χ0) is 14.7. The monoisotopic (exact) mass is 291 g/mol. The second kappa shape index (κ2) is 5.86. The molecule has 2 aromatic carbocycles. The largest absolute Gasteiger partial charge is 0.353 e. The van der Waals surface area contributed by atoms with Gasteiger partial charge in [0.15, 0.2) is 0 Å². The molecule has 0 fully saturated rings. The van der Waals surface area contributed by atoms with Gasteiger partial charge in [-0.15, -0.1) is 11.8 Å². The van der Waals surface area contributed by atoms with Crippen LogP contribution < -0.4 is 5.32 Å². The van der Waals surface area contributed by atoms with E-state index in [2.05, 4.69) is 22.4 Å². The lowest BCUT2D eigenvalue weighted by Gasteiger charge is -2.13. The number of fused-ring (bicyclic) bond motifs is 1. The van der Waals surface area contributed by atoms with Crippen molar-refractivity contribution in [1.82, 2.24) is 4.98 Å². The van der Waals surface area contributed by atoms with E-state index >= 15 is 0 Å². The SMILES string of the molecule is CSc1ccccc1Nc1c(C#N)cnc2ccccc12. The molecule has 0 unspecified atom stereocenters. The van der Waals surface area contributed by atoms with E-state index in [0.29, 0.717) is 5.56 Å². The van der Waals surface area contributed by atoms with Gasteiger partial charge in [0.2, 0.25) is 0 Å². The number of hydrogen-bond acceptors (Lipinski definition) is 4. The van der Waals surface area contributed by atoms with Crippen LogP contribution in [0.15, 0.2) is 59.6 Å². The highest BCUT2D eigenvalue weighted by Gasteiger charge is 2.10. The maximum Gasteiger partial charge on any atom is 0.103 e. The number of para-hydroxylation sites is 2. The fourth-order valence-corrected chi connectivity index (χ4v) is 2.80. The maximum atomic E-state index is 9.35. The summed E-state index contributed by atoms with van der Waals surface area (Å²) in [5.74, 6) is 0. The Morgan fingerprint density at radius 2 is 1.86 bits per heavy atom. The summed E-state index contributed by atoms with van der Waals surface area (Å²) in [6.45, 7) is 0. The van der Waals surface area contributed by atoms with Crippen LogP contribution in [0.1, 0.15) is 5.56 Å². The number of rotatable bonds is 3. The number of benzene rings is 2. The van der Waals surface area contributed by atoms with Crippen LogP contribution in [0.3, 0.4) is 0 Å². The molecule has 0 saturated heterocycles. The number of nitrogens with one attached hydrogen (secondary N) is 1. The fourth-order valence-electron chi connectivity index (χ4n) is 2.24. The molecule has 4 heteroatoms. The van der Waals surface area contributed by atoms with Gasteiger partial charge in [0, 0.05) is 16.5 Å². The molecular formula is C17H13N3S. The van der Waals surface area contributed by atoms with Gasteiger partial charge < -0.3 is 5.32 Å². The minimum Gasteiger partial charge on any atom is -0.353 e. The average Bonchev–Trinajstić information content (AvgIpc) is 2.55. The summed E-state index contributed by atoms with van der Waals surface area (Å²) in [5, 5.41) is 13.7. The Bertz CT molecular complexity index is 837. The molecule has 0 radical (unpaired) electrons. The van der Waals surface area contributed by atoms with E-state index in [1.54, 1.807) is 18.0 Å². The van der Waals surface area contributed by atoms with Gasteiger partial charge in [0.1, 0.15) is 6.07 Å². The summed E-state index contributed by atoms with van der Waals surface area (Å²) >= 11 is 1.67. The van der Waals surface area contributed by atoms with Gasteiger partial charge >= 0.3 is 0 Å². The lowest BCUT2D eigenvalue weighted by Crippen LogP contribution is -1.97. The normalized spacial score (nSPS) is 10.3. The molecule has 102 valence electrons. The van der Waals surface area contributed by atoms with Gasteiger partial charge in [-0.3, -0.25) is 4.98 Å². The van der Waals surface area contributed by atoms with Crippen LogP contribution in [0.2, 0.25) is 0 Å². The molecule has 3 aromatic rings. The van der Waals surface area contributed by atoms with Crippen molar-refractivity contribution >= 4 is 34.0 Å². The van der Waals surface area contributed by atoms with Crippen molar-refractivity contribution in [3.63, 3.8) is 0 Å². The summed E-state index contributed by atoms with van der Waals surface area (Å²) in [6.07, 6.45) is 3.66. The smallest absolute Gasteiger partial charge is 0.103 e. The second-order valence-corrected chi connectivity index (χ2v) is 5.35. The van der Waals surface area contributed by atoms with Gasteiger partial charge in [-0.1, -0.05) is 30.3 Å². The van der Waals surface area contributed by atoms with Crippen molar-refractivity contribution < 1.29 is 0 Å². The first-order valence-electron chi connectivity index (χ1n) is 6.51. The number of thioether (sulfide) groups is 1. The first-order valence-corrected chi connectivity index (χ1v) is 7.74. The molecule has 0 aliphatic rings. The lowest BCUT2D eigenvalue weighted by atomic mass is 10.1. The van der Waals surface area contributed by atoms with Gasteiger partial charge in [-0.2, -0.15) is 5.26 Å². The quantitative estimate of drug-likeness (QED) is 0.718. The molecular weight excluding hydrogens is 278 g/mol. The van der Waals surface area contributed by atoms with Gasteiger partial charge in [0.25, 0.3) is 0 Å². The molecule has 0 bridgehead atoms. The van der Waals surface area contributed by atoms with E-state index in [-0.39, 0.29) is 0 Å². The third-order valence-electron chi connectivity index (χ3n) is 3.26. The highest BCUT2D eigenvalue weighted by atomic mass is 32.2. The summed E-state index contributed by atoms with van der Waals surface area (Å²) in [4.78, 5) is 5.47.